The maximum absolute atomic E-state index is 14.2. The quantitative estimate of drug-likeness (QED) is 0.292. The van der Waals surface area contributed by atoms with Gasteiger partial charge in [0, 0.05) is 20.6 Å². The molecule has 6 amide bonds. The van der Waals surface area contributed by atoms with Crippen LogP contribution in [0.3, 0.4) is 0 Å². The van der Waals surface area contributed by atoms with Crippen LogP contribution >= 0.6 is 0 Å². The number of ether oxygens (including phenoxy) is 1. The van der Waals surface area contributed by atoms with E-state index in [0.717, 1.165) is 44.9 Å². The third-order valence-corrected chi connectivity index (χ3v) is 10.9. The first-order chi connectivity index (χ1) is 25.4. The van der Waals surface area contributed by atoms with Gasteiger partial charge in [0.15, 0.2) is 0 Å². The SMILES string of the molecule is CN(C)C(=O)[C@@H](NC(=O)CNC(=O)C(=O)[C@@H]1CCCCCCCCCCC(NC(=O)OC(C)(C)C)C(=O)N2CC3C([C@H]2C(=O)N1)C3(C)C)c1ccccc1. The zero-order valence-corrected chi connectivity index (χ0v) is 33.0. The van der Waals surface area contributed by atoms with Gasteiger partial charge < -0.3 is 35.8 Å². The van der Waals surface area contributed by atoms with E-state index in [4.69, 9.17) is 4.74 Å². The molecule has 1 aliphatic carbocycles. The fraction of sp³-hybridized carbons (Fsp3) is 0.675. The van der Waals surface area contributed by atoms with E-state index in [0.29, 0.717) is 24.9 Å². The van der Waals surface area contributed by atoms with Gasteiger partial charge in [-0.05, 0) is 56.4 Å². The topological polar surface area (TPSA) is 183 Å². The zero-order valence-electron chi connectivity index (χ0n) is 33.0. The molecule has 14 nitrogen and oxygen atoms in total. The number of nitrogens with zero attached hydrogens (tertiary/aromatic N) is 2. The predicted octanol–water partition coefficient (Wildman–Crippen LogP) is 3.39. The van der Waals surface area contributed by atoms with Crippen molar-refractivity contribution in [2.75, 3.05) is 27.2 Å². The molecule has 2 heterocycles. The van der Waals surface area contributed by atoms with Gasteiger partial charge in [-0.3, -0.25) is 28.8 Å². The third kappa shape index (κ3) is 11.0. The molecule has 14 heteroatoms. The Kier molecular flexibility index (Phi) is 14.3. The van der Waals surface area contributed by atoms with E-state index in [2.05, 4.69) is 21.3 Å². The Morgan fingerprint density at radius 3 is 2.11 bits per heavy atom. The van der Waals surface area contributed by atoms with E-state index in [1.165, 1.54) is 9.80 Å². The lowest BCUT2D eigenvalue weighted by Gasteiger charge is -2.34. The van der Waals surface area contributed by atoms with Crippen LogP contribution in [0.2, 0.25) is 0 Å². The van der Waals surface area contributed by atoms with Crippen LogP contribution in [0.15, 0.2) is 30.3 Å². The summed E-state index contributed by atoms with van der Waals surface area (Å²) in [6, 6.07) is 4.71. The van der Waals surface area contributed by atoms with Crippen molar-refractivity contribution in [3.05, 3.63) is 35.9 Å². The number of Topliss-reactive ketones (excluding diaryl/α,β-unsaturated/α-hetero) is 1. The lowest BCUT2D eigenvalue weighted by atomic mass is 9.97. The van der Waals surface area contributed by atoms with Crippen molar-refractivity contribution in [1.82, 2.24) is 31.1 Å². The fourth-order valence-electron chi connectivity index (χ4n) is 7.81. The number of carbonyl (C=O) groups is 7. The summed E-state index contributed by atoms with van der Waals surface area (Å²) in [4.78, 5) is 96.9. The van der Waals surface area contributed by atoms with Crippen molar-refractivity contribution in [3.8, 4) is 0 Å². The molecule has 6 atom stereocenters. The van der Waals surface area contributed by atoms with Gasteiger partial charge in [-0.25, -0.2) is 4.79 Å². The smallest absolute Gasteiger partial charge is 0.408 e. The predicted molar refractivity (Wildman–Crippen MR) is 202 cm³/mol. The van der Waals surface area contributed by atoms with Gasteiger partial charge in [-0.15, -0.1) is 0 Å². The van der Waals surface area contributed by atoms with Crippen molar-refractivity contribution >= 4 is 41.4 Å². The number of hydrogen-bond acceptors (Lipinski definition) is 8. The summed E-state index contributed by atoms with van der Waals surface area (Å²) in [7, 11) is 3.14. The molecule has 3 aliphatic rings. The standard InChI is InChI=1S/C40H60N6O8/c1-39(2,3)54-38(53)43-28-22-18-13-11-9-8-10-12-17-21-27(42-34(49)32-30-26(40(30,4)5)24-46(32)36(28)51)33(48)35(50)41-23-29(47)44-31(37(52)45(6)7)25-19-15-14-16-20-25/h14-16,19-20,26-28,30-32H,8-13,17-18,21-24H2,1-7H3,(H,41,50)(H,42,49)(H,43,53)(H,44,47)/t26?,27-,28?,30?,31-,32-/m0/s1. The molecule has 0 spiro atoms. The van der Waals surface area contributed by atoms with Crippen LogP contribution in [0, 0.1) is 17.3 Å². The first-order valence-corrected chi connectivity index (χ1v) is 19.4. The van der Waals surface area contributed by atoms with Gasteiger partial charge >= 0.3 is 6.09 Å². The first-order valence-electron chi connectivity index (χ1n) is 19.4. The monoisotopic (exact) mass is 752 g/mol. The summed E-state index contributed by atoms with van der Waals surface area (Å²) in [6.45, 7) is 9.09. The van der Waals surface area contributed by atoms with Crippen molar-refractivity contribution < 1.29 is 38.3 Å². The molecule has 1 saturated carbocycles. The number of ketones is 1. The van der Waals surface area contributed by atoms with Gasteiger partial charge in [0.05, 0.1) is 12.6 Å². The van der Waals surface area contributed by atoms with Gasteiger partial charge in [-0.2, -0.15) is 0 Å². The van der Waals surface area contributed by atoms with E-state index in [1.807, 2.05) is 13.8 Å². The lowest BCUT2D eigenvalue weighted by Crippen LogP contribution is -2.58. The van der Waals surface area contributed by atoms with E-state index in [1.54, 1.807) is 65.2 Å². The largest absolute Gasteiger partial charge is 0.444 e. The minimum atomic E-state index is -1.18. The Morgan fingerprint density at radius 1 is 0.926 bits per heavy atom. The highest BCUT2D eigenvalue weighted by atomic mass is 16.6. The number of fused-ring (bicyclic) bond motifs is 3. The van der Waals surface area contributed by atoms with Crippen LogP contribution in [0.4, 0.5) is 4.79 Å². The molecule has 4 rings (SSSR count). The number of likely N-dealkylation sites (N-methyl/N-ethyl adjacent to an activating group) is 1. The molecule has 1 aromatic rings. The zero-order chi connectivity index (χ0) is 39.8. The van der Waals surface area contributed by atoms with E-state index in [9.17, 15) is 33.6 Å². The number of benzene rings is 1. The van der Waals surface area contributed by atoms with Gasteiger partial charge in [0.25, 0.3) is 5.91 Å². The maximum atomic E-state index is 14.2. The summed E-state index contributed by atoms with van der Waals surface area (Å²) in [5, 5.41) is 10.6. The Bertz CT molecular complexity index is 1540. The Hall–Kier alpha value is -4.49. The van der Waals surface area contributed by atoms with E-state index < -0.39 is 65.9 Å². The van der Waals surface area contributed by atoms with Gasteiger partial charge in [0.2, 0.25) is 29.4 Å². The first kappa shape index (κ1) is 42.3. The highest BCUT2D eigenvalue weighted by Gasteiger charge is 2.69. The summed E-state index contributed by atoms with van der Waals surface area (Å²) in [5.74, 6) is -3.99. The van der Waals surface area contributed by atoms with Crippen LogP contribution in [0.1, 0.15) is 110 Å². The number of hydrogen-bond donors (Lipinski definition) is 4. The molecule has 1 aromatic carbocycles. The lowest BCUT2D eigenvalue weighted by molar-refractivity contribution is -0.144. The number of rotatable bonds is 8. The van der Waals surface area contributed by atoms with Gasteiger partial charge in [0.1, 0.15) is 23.7 Å². The Balaban J connectivity index is 1.50. The molecular weight excluding hydrogens is 692 g/mol. The van der Waals surface area contributed by atoms with Crippen LogP contribution in [0.5, 0.6) is 0 Å². The molecule has 4 N–H and O–H groups in total. The molecule has 54 heavy (non-hydrogen) atoms. The van der Waals surface area contributed by atoms with Crippen LogP contribution in [-0.2, 0) is 33.5 Å². The highest BCUT2D eigenvalue weighted by molar-refractivity contribution is 6.38. The van der Waals surface area contributed by atoms with Crippen LogP contribution < -0.4 is 21.3 Å². The van der Waals surface area contributed by atoms with Crippen LogP contribution in [0.25, 0.3) is 0 Å². The van der Waals surface area contributed by atoms with Crippen LogP contribution in [-0.4, -0.2) is 102 Å². The molecule has 2 saturated heterocycles. The van der Waals surface area contributed by atoms with Gasteiger partial charge in [-0.1, -0.05) is 95.5 Å². The molecular formula is C40H60N6O8. The average molecular weight is 753 g/mol. The molecule has 298 valence electrons. The van der Waals surface area contributed by atoms with Crippen molar-refractivity contribution in [2.24, 2.45) is 17.3 Å². The summed E-state index contributed by atoms with van der Waals surface area (Å²) >= 11 is 0. The minimum absolute atomic E-state index is 0.0556. The molecule has 3 fully saturated rings. The highest BCUT2D eigenvalue weighted by Crippen LogP contribution is 2.65. The van der Waals surface area contributed by atoms with E-state index in [-0.39, 0.29) is 35.5 Å². The van der Waals surface area contributed by atoms with E-state index >= 15 is 0 Å². The average Bonchev–Trinajstić information content (AvgIpc) is 3.41. The molecule has 2 aliphatic heterocycles. The number of alkyl carbamates (subject to hydrolysis) is 1. The third-order valence-electron chi connectivity index (χ3n) is 10.9. The number of carbonyl (C=O) groups excluding carboxylic acids is 7. The van der Waals surface area contributed by atoms with Crippen molar-refractivity contribution in [3.63, 3.8) is 0 Å². The summed E-state index contributed by atoms with van der Waals surface area (Å²) < 4.78 is 5.48. The summed E-state index contributed by atoms with van der Waals surface area (Å²) in [6.07, 6.45) is 6.77. The summed E-state index contributed by atoms with van der Waals surface area (Å²) in [5.41, 5.74) is -0.427. The molecule has 0 bridgehead atoms. The molecule has 3 unspecified atom stereocenters. The maximum Gasteiger partial charge on any atom is 0.408 e. The second-order valence-corrected chi connectivity index (χ2v) is 16.7. The van der Waals surface area contributed by atoms with Crippen molar-refractivity contribution in [1.29, 1.82) is 0 Å². The Morgan fingerprint density at radius 2 is 1.52 bits per heavy atom. The molecule has 0 aromatic heterocycles. The molecule has 0 radical (unpaired) electrons. The normalized spacial score (nSPS) is 25.4. The second-order valence-electron chi connectivity index (χ2n) is 16.7. The fourth-order valence-corrected chi connectivity index (χ4v) is 7.81. The van der Waals surface area contributed by atoms with Crippen molar-refractivity contribution in [2.45, 2.75) is 129 Å². The second kappa shape index (κ2) is 18.2. The number of nitrogens with one attached hydrogen (secondary N) is 4. The number of amides is 6. The number of piperidine rings is 1. The minimum Gasteiger partial charge on any atom is -0.444 e. The Labute approximate surface area is 319 Å².